The summed E-state index contributed by atoms with van der Waals surface area (Å²) in [4.78, 5) is 0. The molecule has 0 aliphatic heterocycles. The first kappa shape index (κ1) is 17.5. The van der Waals surface area contributed by atoms with E-state index >= 15 is 0 Å². The summed E-state index contributed by atoms with van der Waals surface area (Å²) >= 11 is 0. The highest BCUT2D eigenvalue weighted by atomic mass is 35.5. The zero-order valence-corrected chi connectivity index (χ0v) is 12.6. The quantitative estimate of drug-likeness (QED) is 0.614. The van der Waals surface area contributed by atoms with Gasteiger partial charge in [-0.05, 0) is 25.5 Å². The second-order valence-corrected chi connectivity index (χ2v) is 4.85. The molecule has 0 spiro atoms. The van der Waals surface area contributed by atoms with Crippen molar-refractivity contribution in [2.45, 2.75) is 58.4 Å². The number of hydrogen-bond donors (Lipinski definition) is 1. The third-order valence-electron chi connectivity index (χ3n) is 3.28. The summed E-state index contributed by atoms with van der Waals surface area (Å²) in [6.45, 7) is 5.65. The molecule has 2 heteroatoms. The fraction of sp³-hybridized carbons (Fsp3) is 0.625. The average Bonchev–Trinajstić information content (AvgIpc) is 2.38. The van der Waals surface area contributed by atoms with Gasteiger partial charge in [0.1, 0.15) is 0 Å². The molecule has 0 heterocycles. The van der Waals surface area contributed by atoms with Crippen LogP contribution in [0.15, 0.2) is 30.3 Å². The van der Waals surface area contributed by atoms with Crippen LogP contribution in [0.2, 0.25) is 0 Å². The highest BCUT2D eigenvalue weighted by Crippen LogP contribution is 2.11. The Morgan fingerprint density at radius 3 is 2.22 bits per heavy atom. The number of halogens is 1. The molecule has 0 saturated carbocycles. The van der Waals surface area contributed by atoms with Crippen LogP contribution in [0.4, 0.5) is 0 Å². The van der Waals surface area contributed by atoms with Crippen molar-refractivity contribution in [1.29, 1.82) is 0 Å². The van der Waals surface area contributed by atoms with Gasteiger partial charge in [0.2, 0.25) is 0 Å². The lowest BCUT2D eigenvalue weighted by Gasteiger charge is -2.13. The maximum Gasteiger partial charge on any atom is 0.0291 e. The van der Waals surface area contributed by atoms with Crippen LogP contribution in [-0.4, -0.2) is 6.54 Å². The van der Waals surface area contributed by atoms with E-state index in [9.17, 15) is 0 Å². The van der Waals surface area contributed by atoms with Crippen molar-refractivity contribution in [2.75, 3.05) is 6.54 Å². The van der Waals surface area contributed by atoms with Crippen LogP contribution < -0.4 is 5.32 Å². The van der Waals surface area contributed by atoms with Crippen LogP contribution in [0.25, 0.3) is 0 Å². The van der Waals surface area contributed by atoms with Gasteiger partial charge in [0, 0.05) is 6.04 Å². The second kappa shape index (κ2) is 11.6. The Kier molecular flexibility index (Phi) is 11.2. The lowest BCUT2D eigenvalue weighted by atomic mass is 10.1. The van der Waals surface area contributed by atoms with E-state index in [2.05, 4.69) is 49.5 Å². The minimum atomic E-state index is 0. The molecular formula is C16H28ClN. The van der Waals surface area contributed by atoms with Gasteiger partial charge in [-0.15, -0.1) is 12.4 Å². The zero-order chi connectivity index (χ0) is 12.3. The molecule has 0 aliphatic rings. The normalized spacial score (nSPS) is 11.9. The van der Waals surface area contributed by atoms with Gasteiger partial charge in [-0.2, -0.15) is 0 Å². The van der Waals surface area contributed by atoms with Crippen LogP contribution in [0.3, 0.4) is 0 Å². The van der Waals surface area contributed by atoms with Gasteiger partial charge in [-0.1, -0.05) is 69.4 Å². The van der Waals surface area contributed by atoms with E-state index in [0.29, 0.717) is 6.04 Å². The number of rotatable bonds is 9. The topological polar surface area (TPSA) is 12.0 Å². The molecule has 0 aliphatic carbocycles. The molecule has 1 nitrogen and oxygen atoms in total. The zero-order valence-electron chi connectivity index (χ0n) is 11.8. The Morgan fingerprint density at radius 2 is 1.56 bits per heavy atom. The van der Waals surface area contributed by atoms with Crippen LogP contribution in [0, 0.1) is 0 Å². The predicted octanol–water partition coefficient (Wildman–Crippen LogP) is 5.12. The van der Waals surface area contributed by atoms with Crippen LogP contribution in [-0.2, 0) is 0 Å². The van der Waals surface area contributed by atoms with E-state index in [1.54, 1.807) is 0 Å². The summed E-state index contributed by atoms with van der Waals surface area (Å²) in [5, 5.41) is 3.59. The van der Waals surface area contributed by atoms with Gasteiger partial charge in [-0.3, -0.25) is 0 Å². The molecule has 104 valence electrons. The maximum absolute atomic E-state index is 3.59. The monoisotopic (exact) mass is 269 g/mol. The lowest BCUT2D eigenvalue weighted by molar-refractivity contribution is 0.527. The molecule has 0 aromatic heterocycles. The smallest absolute Gasteiger partial charge is 0.0291 e. The molecule has 1 N–H and O–H groups in total. The molecule has 1 rings (SSSR count). The SMILES string of the molecule is CCCCCCCCNC(C)c1ccccc1.Cl. The number of hydrogen-bond acceptors (Lipinski definition) is 1. The third kappa shape index (κ3) is 7.73. The standard InChI is InChI=1S/C16H27N.ClH/c1-3-4-5-6-7-11-14-17-15(2)16-12-9-8-10-13-16;/h8-10,12-13,15,17H,3-7,11,14H2,1-2H3;1H. The molecule has 0 saturated heterocycles. The van der Waals surface area contributed by atoms with Gasteiger partial charge >= 0.3 is 0 Å². The molecule has 18 heavy (non-hydrogen) atoms. The van der Waals surface area contributed by atoms with Crippen molar-refractivity contribution in [3.05, 3.63) is 35.9 Å². The second-order valence-electron chi connectivity index (χ2n) is 4.85. The minimum Gasteiger partial charge on any atom is -0.310 e. The fourth-order valence-corrected chi connectivity index (χ4v) is 2.08. The first-order valence-corrected chi connectivity index (χ1v) is 7.13. The van der Waals surface area contributed by atoms with Crippen molar-refractivity contribution in [1.82, 2.24) is 5.32 Å². The van der Waals surface area contributed by atoms with Crippen LogP contribution in [0.5, 0.6) is 0 Å². The molecule has 0 amide bonds. The van der Waals surface area contributed by atoms with E-state index in [1.165, 1.54) is 44.1 Å². The molecule has 1 unspecified atom stereocenters. The summed E-state index contributed by atoms with van der Waals surface area (Å²) in [5.41, 5.74) is 1.39. The molecule has 1 atom stereocenters. The van der Waals surface area contributed by atoms with Crippen LogP contribution >= 0.6 is 12.4 Å². The van der Waals surface area contributed by atoms with Crippen LogP contribution in [0.1, 0.15) is 64.0 Å². The third-order valence-corrected chi connectivity index (χ3v) is 3.28. The number of unbranched alkanes of at least 4 members (excludes halogenated alkanes) is 5. The molecule has 1 aromatic rings. The molecule has 1 aromatic carbocycles. The molecule has 0 radical (unpaired) electrons. The number of benzene rings is 1. The lowest BCUT2D eigenvalue weighted by Crippen LogP contribution is -2.19. The van der Waals surface area contributed by atoms with E-state index in [0.717, 1.165) is 6.54 Å². The number of nitrogens with one attached hydrogen (secondary N) is 1. The Bertz CT molecular complexity index is 274. The van der Waals surface area contributed by atoms with Gasteiger partial charge in [0.15, 0.2) is 0 Å². The molecular weight excluding hydrogens is 242 g/mol. The molecule has 0 fully saturated rings. The largest absolute Gasteiger partial charge is 0.310 e. The van der Waals surface area contributed by atoms with Gasteiger partial charge < -0.3 is 5.32 Å². The van der Waals surface area contributed by atoms with Crippen molar-refractivity contribution >= 4 is 12.4 Å². The Morgan fingerprint density at radius 1 is 0.944 bits per heavy atom. The first-order chi connectivity index (χ1) is 8.34. The van der Waals surface area contributed by atoms with Gasteiger partial charge in [0.05, 0.1) is 0 Å². The summed E-state index contributed by atoms with van der Waals surface area (Å²) < 4.78 is 0. The Balaban J connectivity index is 0.00000289. The van der Waals surface area contributed by atoms with Crippen molar-refractivity contribution < 1.29 is 0 Å². The van der Waals surface area contributed by atoms with Gasteiger partial charge in [0.25, 0.3) is 0 Å². The van der Waals surface area contributed by atoms with E-state index in [-0.39, 0.29) is 12.4 Å². The Labute approximate surface area is 119 Å². The summed E-state index contributed by atoms with van der Waals surface area (Å²) in [5.74, 6) is 0. The maximum atomic E-state index is 3.59. The first-order valence-electron chi connectivity index (χ1n) is 7.13. The highest BCUT2D eigenvalue weighted by molar-refractivity contribution is 5.85. The Hall–Kier alpha value is -0.530. The predicted molar refractivity (Wildman–Crippen MR) is 83.5 cm³/mol. The summed E-state index contributed by atoms with van der Waals surface area (Å²) in [6.07, 6.45) is 8.21. The summed E-state index contributed by atoms with van der Waals surface area (Å²) in [6, 6.07) is 11.2. The fourth-order valence-electron chi connectivity index (χ4n) is 2.08. The highest BCUT2D eigenvalue weighted by Gasteiger charge is 2.02. The van der Waals surface area contributed by atoms with Crippen molar-refractivity contribution in [3.63, 3.8) is 0 Å². The van der Waals surface area contributed by atoms with E-state index in [1.807, 2.05) is 0 Å². The average molecular weight is 270 g/mol. The van der Waals surface area contributed by atoms with Gasteiger partial charge in [-0.25, -0.2) is 0 Å². The summed E-state index contributed by atoms with van der Waals surface area (Å²) in [7, 11) is 0. The van der Waals surface area contributed by atoms with Crippen molar-refractivity contribution in [3.8, 4) is 0 Å². The minimum absolute atomic E-state index is 0. The molecule has 0 bridgehead atoms. The van der Waals surface area contributed by atoms with E-state index in [4.69, 9.17) is 0 Å². The van der Waals surface area contributed by atoms with Crippen molar-refractivity contribution in [2.24, 2.45) is 0 Å². The van der Waals surface area contributed by atoms with E-state index < -0.39 is 0 Å².